The van der Waals surface area contributed by atoms with Crippen LogP contribution in [0.5, 0.6) is 0 Å². The molecule has 1 unspecified atom stereocenters. The highest BCUT2D eigenvalue weighted by atomic mass is 79.9. The van der Waals surface area contributed by atoms with Crippen LogP contribution >= 0.6 is 15.9 Å². The van der Waals surface area contributed by atoms with Gasteiger partial charge in [0.05, 0.1) is 15.9 Å². The number of aryl methyl sites for hydroxylation is 2. The number of nitrogens with two attached hydrogens (primary N) is 1. The predicted octanol–water partition coefficient (Wildman–Crippen LogP) is 2.94. The van der Waals surface area contributed by atoms with Crippen LogP contribution in [0, 0.1) is 0 Å². The van der Waals surface area contributed by atoms with E-state index in [-0.39, 0.29) is 6.42 Å². The summed E-state index contributed by atoms with van der Waals surface area (Å²) in [5.41, 5.74) is 4.26. The molecule has 0 radical (unpaired) electrons. The fraction of sp³-hybridized carbons (Fsp3) is 0.750. The van der Waals surface area contributed by atoms with Crippen LogP contribution in [0.3, 0.4) is 0 Å². The molecule has 1 atom stereocenters. The van der Waals surface area contributed by atoms with Crippen LogP contribution in [0.15, 0.2) is 4.47 Å². The van der Waals surface area contributed by atoms with Crippen molar-refractivity contribution in [2.75, 3.05) is 0 Å². The third-order valence-electron chi connectivity index (χ3n) is 3.15. The monoisotopic (exact) mass is 356 g/mol. The van der Waals surface area contributed by atoms with Gasteiger partial charge in [-0.1, -0.05) is 6.92 Å². The third kappa shape index (κ3) is 4.75. The van der Waals surface area contributed by atoms with Crippen LogP contribution in [0.25, 0.3) is 0 Å². The summed E-state index contributed by atoms with van der Waals surface area (Å²) in [7, 11) is 0. The van der Waals surface area contributed by atoms with Gasteiger partial charge in [0, 0.05) is 25.4 Å². The Morgan fingerprint density at radius 1 is 1.40 bits per heavy atom. The number of alkyl halides is 3. The van der Waals surface area contributed by atoms with Gasteiger partial charge in [0.25, 0.3) is 0 Å². The lowest BCUT2D eigenvalue weighted by Crippen LogP contribution is -2.38. The standard InChI is InChI=1S/C12H20BrF3N4/c1-3-9-11(13)10(20(4-2)19-9)7-8(18-17)5-6-12(14,15)16/h8,18H,3-7,17H2,1-2H3. The number of hydrogen-bond acceptors (Lipinski definition) is 3. The minimum Gasteiger partial charge on any atom is -0.271 e. The molecular weight excluding hydrogens is 337 g/mol. The van der Waals surface area contributed by atoms with Gasteiger partial charge in [0.1, 0.15) is 0 Å². The van der Waals surface area contributed by atoms with Crippen molar-refractivity contribution in [3.8, 4) is 0 Å². The summed E-state index contributed by atoms with van der Waals surface area (Å²) in [6.07, 6.45) is -3.88. The van der Waals surface area contributed by atoms with E-state index >= 15 is 0 Å². The molecule has 20 heavy (non-hydrogen) atoms. The number of halogens is 4. The number of hydrogen-bond donors (Lipinski definition) is 2. The predicted molar refractivity (Wildman–Crippen MR) is 75.1 cm³/mol. The highest BCUT2D eigenvalue weighted by Crippen LogP contribution is 2.26. The molecule has 0 fully saturated rings. The average molecular weight is 357 g/mol. The van der Waals surface area contributed by atoms with Crippen LogP contribution in [0.4, 0.5) is 13.2 Å². The maximum absolute atomic E-state index is 12.3. The lowest BCUT2D eigenvalue weighted by Gasteiger charge is -2.17. The lowest BCUT2D eigenvalue weighted by atomic mass is 10.1. The zero-order valence-electron chi connectivity index (χ0n) is 11.6. The van der Waals surface area contributed by atoms with E-state index < -0.39 is 18.6 Å². The number of nitrogens with zero attached hydrogens (tertiary/aromatic N) is 2. The Kier molecular flexibility index (Phi) is 6.47. The van der Waals surface area contributed by atoms with Crippen LogP contribution in [0.1, 0.15) is 38.1 Å². The van der Waals surface area contributed by atoms with Crippen molar-refractivity contribution in [1.82, 2.24) is 15.2 Å². The van der Waals surface area contributed by atoms with E-state index in [2.05, 4.69) is 26.5 Å². The molecule has 0 bridgehead atoms. The number of aromatic nitrogens is 2. The maximum atomic E-state index is 12.3. The fourth-order valence-electron chi connectivity index (χ4n) is 2.03. The second-order valence-corrected chi connectivity index (χ2v) is 5.39. The SMILES string of the molecule is CCc1nn(CC)c(CC(CCC(F)(F)F)NN)c1Br. The first kappa shape index (κ1) is 17.5. The molecule has 0 amide bonds. The summed E-state index contributed by atoms with van der Waals surface area (Å²) in [5, 5.41) is 4.42. The van der Waals surface area contributed by atoms with Gasteiger partial charge < -0.3 is 0 Å². The van der Waals surface area contributed by atoms with Gasteiger partial charge in [0.2, 0.25) is 0 Å². The van der Waals surface area contributed by atoms with E-state index in [1.54, 1.807) is 4.68 Å². The summed E-state index contributed by atoms with van der Waals surface area (Å²) in [6.45, 7) is 4.60. The van der Waals surface area contributed by atoms with E-state index in [0.717, 1.165) is 22.3 Å². The minimum absolute atomic E-state index is 0.0528. The molecule has 1 aromatic rings. The van der Waals surface area contributed by atoms with Gasteiger partial charge in [-0.3, -0.25) is 16.0 Å². The molecule has 0 aromatic carbocycles. The molecule has 4 nitrogen and oxygen atoms in total. The molecule has 1 heterocycles. The maximum Gasteiger partial charge on any atom is 0.389 e. The first-order chi connectivity index (χ1) is 9.32. The van der Waals surface area contributed by atoms with E-state index in [1.165, 1.54) is 0 Å². The number of rotatable bonds is 7. The highest BCUT2D eigenvalue weighted by molar-refractivity contribution is 9.10. The summed E-state index contributed by atoms with van der Waals surface area (Å²) >= 11 is 3.48. The normalized spacial score (nSPS) is 13.8. The molecule has 0 saturated heterocycles. The highest BCUT2D eigenvalue weighted by Gasteiger charge is 2.29. The quantitative estimate of drug-likeness (QED) is 0.583. The molecule has 0 aliphatic carbocycles. The molecule has 0 aliphatic rings. The first-order valence-corrected chi connectivity index (χ1v) is 7.38. The molecule has 1 aromatic heterocycles. The van der Waals surface area contributed by atoms with Crippen LogP contribution in [0.2, 0.25) is 0 Å². The third-order valence-corrected chi connectivity index (χ3v) is 4.06. The largest absolute Gasteiger partial charge is 0.389 e. The van der Waals surface area contributed by atoms with Crippen molar-refractivity contribution in [1.29, 1.82) is 0 Å². The van der Waals surface area contributed by atoms with Crippen LogP contribution in [-0.2, 0) is 19.4 Å². The lowest BCUT2D eigenvalue weighted by molar-refractivity contribution is -0.136. The van der Waals surface area contributed by atoms with Crippen molar-refractivity contribution in [3.63, 3.8) is 0 Å². The molecule has 0 saturated carbocycles. The van der Waals surface area contributed by atoms with Gasteiger partial charge in [-0.25, -0.2) is 0 Å². The summed E-state index contributed by atoms with van der Waals surface area (Å²) in [6, 6.07) is -0.431. The first-order valence-electron chi connectivity index (χ1n) is 6.59. The smallest absolute Gasteiger partial charge is 0.271 e. The molecular formula is C12H20BrF3N4. The Morgan fingerprint density at radius 3 is 2.50 bits per heavy atom. The Labute approximate surface area is 125 Å². The molecule has 1 rings (SSSR count). The van der Waals surface area contributed by atoms with Crippen LogP contribution < -0.4 is 11.3 Å². The second-order valence-electron chi connectivity index (χ2n) is 4.60. The van der Waals surface area contributed by atoms with Crippen molar-refractivity contribution >= 4 is 15.9 Å². The van der Waals surface area contributed by atoms with E-state index in [1.807, 2.05) is 13.8 Å². The second kappa shape index (κ2) is 7.42. The zero-order valence-corrected chi connectivity index (χ0v) is 13.2. The minimum atomic E-state index is -4.16. The topological polar surface area (TPSA) is 55.9 Å². The van der Waals surface area contributed by atoms with Gasteiger partial charge in [0.15, 0.2) is 0 Å². The van der Waals surface area contributed by atoms with E-state index in [9.17, 15) is 13.2 Å². The van der Waals surface area contributed by atoms with Crippen molar-refractivity contribution < 1.29 is 13.2 Å². The van der Waals surface area contributed by atoms with Crippen molar-refractivity contribution in [2.45, 2.75) is 58.3 Å². The van der Waals surface area contributed by atoms with Crippen LogP contribution in [-0.4, -0.2) is 22.0 Å². The van der Waals surface area contributed by atoms with E-state index in [4.69, 9.17) is 5.84 Å². The van der Waals surface area contributed by atoms with Crippen molar-refractivity contribution in [3.05, 3.63) is 15.9 Å². The Hall–Kier alpha value is -0.600. The molecule has 8 heteroatoms. The fourth-order valence-corrected chi connectivity index (χ4v) is 2.75. The van der Waals surface area contributed by atoms with Gasteiger partial charge in [-0.2, -0.15) is 18.3 Å². The van der Waals surface area contributed by atoms with Gasteiger partial charge >= 0.3 is 6.18 Å². The molecule has 3 N–H and O–H groups in total. The van der Waals surface area contributed by atoms with Gasteiger partial charge in [-0.05, 0) is 35.7 Å². The Morgan fingerprint density at radius 2 is 2.05 bits per heavy atom. The summed E-state index contributed by atoms with van der Waals surface area (Å²) in [5.74, 6) is 5.37. The zero-order chi connectivity index (χ0) is 15.3. The Bertz CT molecular complexity index is 431. The summed E-state index contributed by atoms with van der Waals surface area (Å²) < 4.78 is 39.5. The summed E-state index contributed by atoms with van der Waals surface area (Å²) in [4.78, 5) is 0. The number of nitrogens with one attached hydrogen (secondary N) is 1. The molecule has 0 spiro atoms. The van der Waals surface area contributed by atoms with Gasteiger partial charge in [-0.15, -0.1) is 0 Å². The molecule has 0 aliphatic heterocycles. The average Bonchev–Trinajstić information content (AvgIpc) is 2.69. The Balaban J connectivity index is 2.81. The molecule has 116 valence electrons. The van der Waals surface area contributed by atoms with E-state index in [0.29, 0.717) is 13.0 Å². The number of hydrazine groups is 1. The van der Waals surface area contributed by atoms with Crippen molar-refractivity contribution in [2.24, 2.45) is 5.84 Å².